The lowest BCUT2D eigenvalue weighted by Crippen LogP contribution is -2.10. The molecule has 276 valence electrons. The summed E-state index contributed by atoms with van der Waals surface area (Å²) in [6.45, 7) is 0. The second-order valence-electron chi connectivity index (χ2n) is 14.9. The minimum atomic E-state index is 0.876. The van der Waals surface area contributed by atoms with Crippen molar-refractivity contribution in [3.63, 3.8) is 0 Å². The van der Waals surface area contributed by atoms with Gasteiger partial charge in [-0.05, 0) is 86.3 Å². The van der Waals surface area contributed by atoms with E-state index in [-0.39, 0.29) is 0 Å². The maximum atomic E-state index is 5.50. The number of para-hydroxylation sites is 1. The van der Waals surface area contributed by atoms with Crippen LogP contribution in [0.3, 0.4) is 0 Å². The minimum Gasteiger partial charge on any atom is -0.310 e. The van der Waals surface area contributed by atoms with Gasteiger partial charge in [-0.2, -0.15) is 0 Å². The zero-order valence-corrected chi connectivity index (χ0v) is 32.2. The van der Waals surface area contributed by atoms with Crippen molar-refractivity contribution >= 4 is 60.4 Å². The summed E-state index contributed by atoms with van der Waals surface area (Å²) in [4.78, 5) is 13.2. The van der Waals surface area contributed by atoms with Gasteiger partial charge in [-0.25, -0.2) is 9.97 Å². The number of rotatable bonds is 7. The highest BCUT2D eigenvalue weighted by molar-refractivity contribution is 6.20. The number of benzene rings is 10. The third-order valence-corrected chi connectivity index (χ3v) is 11.4. The van der Waals surface area contributed by atoms with E-state index in [9.17, 15) is 0 Å². The molecule has 0 atom stereocenters. The van der Waals surface area contributed by atoms with Crippen LogP contribution in [0, 0.1) is 0 Å². The molecule has 11 rings (SSSR count). The first-order chi connectivity index (χ1) is 29.3. The van der Waals surface area contributed by atoms with Crippen molar-refractivity contribution in [2.75, 3.05) is 4.90 Å². The van der Waals surface area contributed by atoms with Crippen molar-refractivity contribution in [2.45, 2.75) is 0 Å². The molecule has 3 heteroatoms. The van der Waals surface area contributed by atoms with Crippen molar-refractivity contribution < 1.29 is 0 Å². The van der Waals surface area contributed by atoms with Crippen molar-refractivity contribution in [3.8, 4) is 44.8 Å². The van der Waals surface area contributed by atoms with Crippen LogP contribution in [0.2, 0.25) is 0 Å². The highest BCUT2D eigenvalue weighted by atomic mass is 15.1. The molecule has 0 unspecified atom stereocenters. The summed E-state index contributed by atoms with van der Waals surface area (Å²) < 4.78 is 0. The minimum absolute atomic E-state index is 0.876. The third-order valence-electron chi connectivity index (χ3n) is 11.4. The first-order valence-electron chi connectivity index (χ1n) is 20.1. The highest BCUT2D eigenvalue weighted by Gasteiger charge is 2.19. The Morgan fingerprint density at radius 2 is 0.831 bits per heavy atom. The Bertz CT molecular complexity index is 3290. The van der Waals surface area contributed by atoms with Crippen molar-refractivity contribution in [1.82, 2.24) is 9.97 Å². The van der Waals surface area contributed by atoms with Crippen LogP contribution >= 0.6 is 0 Å². The Labute approximate surface area is 343 Å². The molecule has 0 fully saturated rings. The Morgan fingerprint density at radius 3 is 1.53 bits per heavy atom. The predicted octanol–water partition coefficient (Wildman–Crippen LogP) is 15.2. The molecular weight excluding hydrogens is 715 g/mol. The van der Waals surface area contributed by atoms with Gasteiger partial charge in [0.2, 0.25) is 0 Å². The Hall–Kier alpha value is -7.88. The summed E-state index contributed by atoms with van der Waals surface area (Å²) in [5.41, 5.74) is 13.7. The molecule has 1 heterocycles. The van der Waals surface area contributed by atoms with E-state index in [0.717, 1.165) is 72.3 Å². The summed E-state index contributed by atoms with van der Waals surface area (Å²) in [6, 6.07) is 79.8. The third kappa shape index (κ3) is 6.17. The molecule has 0 aliphatic carbocycles. The summed E-state index contributed by atoms with van der Waals surface area (Å²) in [7, 11) is 0. The molecule has 3 nitrogen and oxygen atoms in total. The molecule has 0 aliphatic rings. The number of nitrogens with zero attached hydrogens (tertiary/aromatic N) is 3. The summed E-state index contributed by atoms with van der Waals surface area (Å²) in [6.07, 6.45) is 0. The molecule has 10 aromatic carbocycles. The molecule has 59 heavy (non-hydrogen) atoms. The van der Waals surface area contributed by atoms with Crippen LogP contribution in [0.1, 0.15) is 0 Å². The monoisotopic (exact) mass is 751 g/mol. The maximum Gasteiger partial charge on any atom is 0.0979 e. The molecule has 11 aromatic rings. The van der Waals surface area contributed by atoms with E-state index in [1.807, 2.05) is 12.1 Å². The largest absolute Gasteiger partial charge is 0.310 e. The van der Waals surface area contributed by atoms with Gasteiger partial charge in [0, 0.05) is 33.3 Å². The molecule has 1 aromatic heterocycles. The van der Waals surface area contributed by atoms with Crippen LogP contribution in [0.4, 0.5) is 17.1 Å². The van der Waals surface area contributed by atoms with Gasteiger partial charge in [0.25, 0.3) is 0 Å². The van der Waals surface area contributed by atoms with Gasteiger partial charge in [0.15, 0.2) is 0 Å². The average Bonchev–Trinajstić information content (AvgIpc) is 3.32. The fraction of sp³-hybridized carbons (Fsp3) is 0. The van der Waals surface area contributed by atoms with E-state index in [1.165, 1.54) is 32.8 Å². The van der Waals surface area contributed by atoms with Crippen LogP contribution in [0.15, 0.2) is 224 Å². The van der Waals surface area contributed by atoms with Crippen molar-refractivity contribution in [2.24, 2.45) is 0 Å². The molecule has 0 amide bonds. The quantitative estimate of drug-likeness (QED) is 0.152. The molecule has 0 N–H and O–H groups in total. The Morgan fingerprint density at radius 1 is 0.322 bits per heavy atom. The number of anilines is 3. The first kappa shape index (κ1) is 34.4. The lowest BCUT2D eigenvalue weighted by Gasteiger charge is -2.27. The van der Waals surface area contributed by atoms with E-state index in [1.54, 1.807) is 0 Å². The second kappa shape index (κ2) is 14.6. The molecular formula is C56H37N3. The van der Waals surface area contributed by atoms with Gasteiger partial charge in [-0.15, -0.1) is 0 Å². The number of fused-ring (bicyclic) bond motifs is 6. The van der Waals surface area contributed by atoms with Gasteiger partial charge in [0.1, 0.15) is 0 Å². The smallest absolute Gasteiger partial charge is 0.0979 e. The van der Waals surface area contributed by atoms with E-state index < -0.39 is 0 Å². The predicted molar refractivity (Wildman–Crippen MR) is 248 cm³/mol. The van der Waals surface area contributed by atoms with Crippen molar-refractivity contribution in [1.29, 1.82) is 0 Å². The Kier molecular flexibility index (Phi) is 8.49. The topological polar surface area (TPSA) is 29.0 Å². The summed E-state index contributed by atoms with van der Waals surface area (Å²) in [5.74, 6) is 0. The molecule has 0 saturated carbocycles. The van der Waals surface area contributed by atoms with Crippen LogP contribution < -0.4 is 4.90 Å². The van der Waals surface area contributed by atoms with E-state index in [2.05, 4.69) is 217 Å². The van der Waals surface area contributed by atoms with Crippen LogP contribution in [0.5, 0.6) is 0 Å². The molecule has 0 spiro atoms. The van der Waals surface area contributed by atoms with E-state index in [0.29, 0.717) is 0 Å². The fourth-order valence-electron chi connectivity index (χ4n) is 8.59. The van der Waals surface area contributed by atoms with Crippen LogP contribution in [-0.4, -0.2) is 9.97 Å². The molecule has 0 radical (unpaired) electrons. The van der Waals surface area contributed by atoms with Crippen LogP contribution in [0.25, 0.3) is 88.1 Å². The first-order valence-corrected chi connectivity index (χ1v) is 20.1. The molecule has 0 saturated heterocycles. The SMILES string of the molecule is c1ccc(-c2ccc(N(c3ccccc3)c3ccc(-c4ccc5ccc6ccc7nc(-c8ccccc8)c(-c8ccccc8)nc7c6c5c4)c4ccccc34)cc2)cc1. The molecule has 0 bridgehead atoms. The fourth-order valence-corrected chi connectivity index (χ4v) is 8.59. The van der Waals surface area contributed by atoms with Crippen molar-refractivity contribution in [3.05, 3.63) is 224 Å². The van der Waals surface area contributed by atoms with E-state index >= 15 is 0 Å². The standard InChI is InChI=1S/C56H37N3/c1-5-15-38(16-6-1)39-29-32-46(33-30-39)59(45-21-11-4-12-22-45)52-36-34-47(48-23-13-14-24-49(48)52)44-28-26-40-25-27-41-31-35-51-56(53(41)50(40)37-44)58-55(43-19-9-3-10-20-43)54(57-51)42-17-7-2-8-18-42/h1-37H. The Balaban J connectivity index is 1.09. The lowest BCUT2D eigenvalue weighted by molar-refractivity contribution is 1.30. The molecule has 0 aliphatic heterocycles. The summed E-state index contributed by atoms with van der Waals surface area (Å²) in [5, 5.41) is 6.94. The van der Waals surface area contributed by atoms with Gasteiger partial charge in [0.05, 0.1) is 28.1 Å². The zero-order valence-electron chi connectivity index (χ0n) is 32.2. The van der Waals surface area contributed by atoms with Crippen LogP contribution in [-0.2, 0) is 0 Å². The lowest BCUT2D eigenvalue weighted by atomic mass is 9.92. The number of hydrogen-bond donors (Lipinski definition) is 0. The van der Waals surface area contributed by atoms with Gasteiger partial charge < -0.3 is 4.90 Å². The maximum absolute atomic E-state index is 5.50. The van der Waals surface area contributed by atoms with E-state index in [4.69, 9.17) is 9.97 Å². The second-order valence-corrected chi connectivity index (χ2v) is 14.9. The number of hydrogen-bond acceptors (Lipinski definition) is 3. The number of aromatic nitrogens is 2. The van der Waals surface area contributed by atoms with Gasteiger partial charge in [-0.1, -0.05) is 182 Å². The normalized spacial score (nSPS) is 11.4. The van der Waals surface area contributed by atoms with Gasteiger partial charge in [-0.3, -0.25) is 0 Å². The zero-order chi connectivity index (χ0) is 39.1. The summed E-state index contributed by atoms with van der Waals surface area (Å²) >= 11 is 0. The average molecular weight is 752 g/mol. The van der Waals surface area contributed by atoms with Gasteiger partial charge >= 0.3 is 0 Å². The highest BCUT2D eigenvalue weighted by Crippen LogP contribution is 2.44.